The molecule has 0 saturated carbocycles. The number of phenols is 1. The van der Waals surface area contributed by atoms with E-state index < -0.39 is 0 Å². The molecule has 0 aliphatic carbocycles. The van der Waals surface area contributed by atoms with E-state index in [0.717, 1.165) is 12.0 Å². The molecular formula is C17H21NO3. The van der Waals surface area contributed by atoms with Crippen LogP contribution in [0.4, 0.5) is 0 Å². The summed E-state index contributed by atoms with van der Waals surface area (Å²) in [6.07, 6.45) is 0.770. The predicted molar refractivity (Wildman–Crippen MR) is 82.5 cm³/mol. The third-order valence-electron chi connectivity index (χ3n) is 3.38. The van der Waals surface area contributed by atoms with Gasteiger partial charge in [-0.05, 0) is 29.7 Å². The van der Waals surface area contributed by atoms with E-state index in [-0.39, 0.29) is 18.4 Å². The molecule has 0 saturated heterocycles. The summed E-state index contributed by atoms with van der Waals surface area (Å²) in [5.74, 6) is 0.585. The van der Waals surface area contributed by atoms with Gasteiger partial charge in [0, 0.05) is 12.6 Å². The molecule has 0 bridgehead atoms. The Balaban J connectivity index is 1.94. The van der Waals surface area contributed by atoms with Crippen LogP contribution in [-0.2, 0) is 13.0 Å². The number of ether oxygens (including phenoxy) is 1. The Morgan fingerprint density at radius 2 is 1.86 bits per heavy atom. The molecule has 0 spiro atoms. The lowest BCUT2D eigenvalue weighted by atomic mass is 10.1. The average molecular weight is 287 g/mol. The molecule has 0 aromatic heterocycles. The standard InChI is InChI=1S/C17H21NO3/c1-21-17-10-14(7-8-16(17)20)11-18-15(12-19)9-13-5-3-2-4-6-13/h2-8,10,15,18-20H,9,11-12H2,1H3. The van der Waals surface area contributed by atoms with Crippen LogP contribution in [0.25, 0.3) is 0 Å². The molecule has 112 valence electrons. The van der Waals surface area contributed by atoms with Crippen LogP contribution in [0.1, 0.15) is 11.1 Å². The second-order valence-electron chi connectivity index (χ2n) is 4.96. The highest BCUT2D eigenvalue weighted by atomic mass is 16.5. The monoisotopic (exact) mass is 287 g/mol. The number of hydrogen-bond donors (Lipinski definition) is 3. The van der Waals surface area contributed by atoms with Crippen LogP contribution in [-0.4, -0.2) is 30.0 Å². The number of benzene rings is 2. The first-order chi connectivity index (χ1) is 10.2. The van der Waals surface area contributed by atoms with Crippen molar-refractivity contribution in [1.82, 2.24) is 5.32 Å². The van der Waals surface area contributed by atoms with E-state index in [4.69, 9.17) is 4.74 Å². The minimum atomic E-state index is -0.00722. The molecule has 0 amide bonds. The van der Waals surface area contributed by atoms with Gasteiger partial charge in [-0.3, -0.25) is 0 Å². The van der Waals surface area contributed by atoms with Crippen molar-refractivity contribution in [2.75, 3.05) is 13.7 Å². The van der Waals surface area contributed by atoms with Crippen molar-refractivity contribution in [2.45, 2.75) is 19.0 Å². The average Bonchev–Trinajstić information content (AvgIpc) is 2.53. The molecule has 4 heteroatoms. The van der Waals surface area contributed by atoms with Crippen LogP contribution in [0.2, 0.25) is 0 Å². The van der Waals surface area contributed by atoms with Gasteiger partial charge in [-0.1, -0.05) is 36.4 Å². The summed E-state index contributed by atoms with van der Waals surface area (Å²) in [5.41, 5.74) is 2.18. The number of rotatable bonds is 7. The SMILES string of the molecule is COc1cc(CNC(CO)Cc2ccccc2)ccc1O. The van der Waals surface area contributed by atoms with E-state index in [1.807, 2.05) is 36.4 Å². The van der Waals surface area contributed by atoms with Crippen LogP contribution in [0.3, 0.4) is 0 Å². The van der Waals surface area contributed by atoms with Crippen molar-refractivity contribution < 1.29 is 14.9 Å². The van der Waals surface area contributed by atoms with Gasteiger partial charge in [0.25, 0.3) is 0 Å². The zero-order valence-electron chi connectivity index (χ0n) is 12.1. The first-order valence-corrected chi connectivity index (χ1v) is 6.97. The molecule has 2 aromatic carbocycles. The van der Waals surface area contributed by atoms with Crippen LogP contribution >= 0.6 is 0 Å². The molecule has 2 aromatic rings. The summed E-state index contributed by atoms with van der Waals surface area (Å²) < 4.78 is 5.09. The van der Waals surface area contributed by atoms with Gasteiger partial charge in [0.05, 0.1) is 13.7 Å². The zero-order chi connectivity index (χ0) is 15.1. The van der Waals surface area contributed by atoms with Crippen molar-refractivity contribution in [3.63, 3.8) is 0 Å². The van der Waals surface area contributed by atoms with Gasteiger partial charge in [-0.2, -0.15) is 0 Å². The molecule has 0 heterocycles. The van der Waals surface area contributed by atoms with Gasteiger partial charge in [-0.25, -0.2) is 0 Å². The van der Waals surface area contributed by atoms with Crippen molar-refractivity contribution in [2.24, 2.45) is 0 Å². The van der Waals surface area contributed by atoms with Crippen LogP contribution in [0.5, 0.6) is 11.5 Å². The van der Waals surface area contributed by atoms with Gasteiger partial charge in [0.1, 0.15) is 0 Å². The fourth-order valence-electron chi connectivity index (χ4n) is 2.19. The second-order valence-corrected chi connectivity index (χ2v) is 4.96. The van der Waals surface area contributed by atoms with Crippen LogP contribution in [0, 0.1) is 0 Å². The third-order valence-corrected chi connectivity index (χ3v) is 3.38. The van der Waals surface area contributed by atoms with Gasteiger partial charge in [-0.15, -0.1) is 0 Å². The number of aliphatic hydroxyl groups is 1. The van der Waals surface area contributed by atoms with Gasteiger partial charge < -0.3 is 20.3 Å². The summed E-state index contributed by atoms with van der Waals surface area (Å²) >= 11 is 0. The minimum Gasteiger partial charge on any atom is -0.504 e. The lowest BCUT2D eigenvalue weighted by molar-refractivity contribution is 0.240. The van der Waals surface area contributed by atoms with E-state index in [1.165, 1.54) is 12.7 Å². The fourth-order valence-corrected chi connectivity index (χ4v) is 2.19. The van der Waals surface area contributed by atoms with E-state index in [9.17, 15) is 10.2 Å². The van der Waals surface area contributed by atoms with Crippen LogP contribution in [0.15, 0.2) is 48.5 Å². The topological polar surface area (TPSA) is 61.7 Å². The Hall–Kier alpha value is -2.04. The molecule has 21 heavy (non-hydrogen) atoms. The number of aromatic hydroxyl groups is 1. The summed E-state index contributed by atoms with van der Waals surface area (Å²) in [4.78, 5) is 0. The Kier molecular flexibility index (Phi) is 5.60. The molecule has 4 nitrogen and oxygen atoms in total. The highest BCUT2D eigenvalue weighted by molar-refractivity contribution is 5.41. The lowest BCUT2D eigenvalue weighted by Crippen LogP contribution is -2.34. The van der Waals surface area contributed by atoms with Crippen molar-refractivity contribution in [1.29, 1.82) is 0 Å². The Labute approximate surface area is 125 Å². The number of nitrogens with one attached hydrogen (secondary N) is 1. The summed E-state index contributed by atoms with van der Waals surface area (Å²) in [6.45, 7) is 0.679. The first-order valence-electron chi connectivity index (χ1n) is 6.97. The molecule has 3 N–H and O–H groups in total. The Bertz CT molecular complexity index is 557. The summed E-state index contributed by atoms with van der Waals surface area (Å²) in [7, 11) is 1.53. The van der Waals surface area contributed by atoms with Gasteiger partial charge >= 0.3 is 0 Å². The third kappa shape index (κ3) is 4.48. The van der Waals surface area contributed by atoms with E-state index in [1.54, 1.807) is 12.1 Å². The summed E-state index contributed by atoms with van der Waals surface area (Å²) in [6, 6.07) is 15.3. The largest absolute Gasteiger partial charge is 0.504 e. The second kappa shape index (κ2) is 7.67. The van der Waals surface area contributed by atoms with Crippen LogP contribution < -0.4 is 10.1 Å². The minimum absolute atomic E-state index is 0.00722. The molecule has 2 rings (SSSR count). The molecular weight excluding hydrogens is 266 g/mol. The Morgan fingerprint density at radius 1 is 1.10 bits per heavy atom. The molecule has 1 unspecified atom stereocenters. The van der Waals surface area contributed by atoms with Crippen molar-refractivity contribution in [3.8, 4) is 11.5 Å². The fraction of sp³-hybridized carbons (Fsp3) is 0.294. The summed E-state index contributed by atoms with van der Waals surface area (Å²) in [5, 5.41) is 22.4. The maximum absolute atomic E-state index is 9.57. The number of hydrogen-bond acceptors (Lipinski definition) is 4. The number of aliphatic hydroxyl groups excluding tert-OH is 1. The number of phenolic OH excluding ortho intramolecular Hbond substituents is 1. The molecule has 0 fully saturated rings. The Morgan fingerprint density at radius 3 is 2.52 bits per heavy atom. The predicted octanol–water partition coefficient (Wildman–Crippen LogP) is 2.09. The highest BCUT2D eigenvalue weighted by Gasteiger charge is 2.09. The maximum Gasteiger partial charge on any atom is 0.160 e. The molecule has 0 aliphatic heterocycles. The molecule has 0 aliphatic rings. The first kappa shape index (κ1) is 15.4. The van der Waals surface area contributed by atoms with E-state index >= 15 is 0 Å². The highest BCUT2D eigenvalue weighted by Crippen LogP contribution is 2.26. The van der Waals surface area contributed by atoms with E-state index in [2.05, 4.69) is 5.32 Å². The quantitative estimate of drug-likeness (QED) is 0.730. The smallest absolute Gasteiger partial charge is 0.160 e. The van der Waals surface area contributed by atoms with Gasteiger partial charge in [0.2, 0.25) is 0 Å². The molecule has 1 atom stereocenters. The lowest BCUT2D eigenvalue weighted by Gasteiger charge is -2.17. The normalized spacial score (nSPS) is 12.1. The van der Waals surface area contributed by atoms with Gasteiger partial charge in [0.15, 0.2) is 11.5 Å². The molecule has 0 radical (unpaired) electrons. The van der Waals surface area contributed by atoms with E-state index in [0.29, 0.717) is 12.3 Å². The zero-order valence-corrected chi connectivity index (χ0v) is 12.1. The maximum atomic E-state index is 9.57. The van der Waals surface area contributed by atoms with Crippen molar-refractivity contribution in [3.05, 3.63) is 59.7 Å². The number of methoxy groups -OCH3 is 1. The van der Waals surface area contributed by atoms with Crippen molar-refractivity contribution >= 4 is 0 Å².